The summed E-state index contributed by atoms with van der Waals surface area (Å²) in [7, 11) is -2.41. The van der Waals surface area contributed by atoms with Crippen LogP contribution in [0.2, 0.25) is 5.02 Å². The molecule has 4 aliphatic heterocycles. The van der Waals surface area contributed by atoms with E-state index in [1.165, 1.54) is 11.1 Å². The Bertz CT molecular complexity index is 1980. The smallest absolute Gasteiger partial charge is 0.264 e. The third-order valence-corrected chi connectivity index (χ3v) is 15.9. The molecule has 2 aromatic rings. The maximum absolute atomic E-state index is 13.4. The van der Waals surface area contributed by atoms with E-state index in [9.17, 15) is 22.8 Å². The van der Waals surface area contributed by atoms with Crippen LogP contribution < -0.4 is 19.7 Å². The van der Waals surface area contributed by atoms with E-state index in [1.807, 2.05) is 30.0 Å². The number of ether oxygens (including phenoxy) is 2. The molecule has 1 spiro atoms. The zero-order chi connectivity index (χ0) is 40.5. The maximum atomic E-state index is 13.4. The van der Waals surface area contributed by atoms with Crippen LogP contribution in [0.5, 0.6) is 5.75 Å². The molecule has 4 heterocycles. The van der Waals surface area contributed by atoms with Crippen LogP contribution in [-0.2, 0) is 36.2 Å². The second-order valence-electron chi connectivity index (χ2n) is 17.1. The number of fused-ring (bicyclic) bond motifs is 5. The van der Waals surface area contributed by atoms with Crippen LogP contribution in [-0.4, -0.2) is 119 Å². The molecule has 8 rings (SSSR count). The standard InChI is InChI=1S/C34H41ClN2O6S.C9H17N3O/c1-22-6-4-15-34(20-38,42-3)29-11-8-26(29)18-37-19-33(14-5-7-24-16-27(35)10-12-28(24)33)21-43-31-13-9-25(17-30(31)37)32(39)36-44(40,41)23(22)2;1-8(13)12-5-4-11-3-2-10-6-9(11)7-12/h4,9-10,12-13,15-17,20,22-23,26,29H,5-8,11,14,18-19,21H2,1-3H3,(H,36,39);9-10H,2-7H2,1H3/b15-4+;/t22-,23+,26-,29+,33-,34+;/m0./s1. The molecule has 1 saturated carbocycles. The van der Waals surface area contributed by atoms with Gasteiger partial charge in [-0.25, -0.2) is 13.1 Å². The van der Waals surface area contributed by atoms with Crippen molar-refractivity contribution in [3.05, 3.63) is 70.3 Å². The number of nitrogens with zero attached hydrogens (tertiary/aromatic N) is 3. The van der Waals surface area contributed by atoms with Crippen molar-refractivity contribution >= 4 is 45.4 Å². The molecular weight excluding hydrogens is 766 g/mol. The first-order valence-electron chi connectivity index (χ1n) is 20.5. The predicted molar refractivity (Wildman–Crippen MR) is 221 cm³/mol. The first-order chi connectivity index (χ1) is 27.3. The monoisotopic (exact) mass is 823 g/mol. The Morgan fingerprint density at radius 1 is 1.09 bits per heavy atom. The summed E-state index contributed by atoms with van der Waals surface area (Å²) in [6.45, 7) is 13.0. The number of nitrogens with one attached hydrogen (secondary N) is 2. The lowest BCUT2D eigenvalue weighted by atomic mass is 9.64. The molecule has 2 amide bonds. The fourth-order valence-corrected chi connectivity index (χ4v) is 11.3. The number of carbonyl (C=O) groups is 3. The topological polar surface area (TPSA) is 138 Å². The Kier molecular flexibility index (Phi) is 12.4. The summed E-state index contributed by atoms with van der Waals surface area (Å²) in [5, 5.41) is 3.24. The van der Waals surface area contributed by atoms with Crippen LogP contribution in [0.1, 0.15) is 74.4 Å². The number of sulfonamides is 1. The summed E-state index contributed by atoms with van der Waals surface area (Å²) in [6.07, 6.45) is 9.65. The number of anilines is 1. The van der Waals surface area contributed by atoms with Gasteiger partial charge in [0.15, 0.2) is 6.29 Å². The van der Waals surface area contributed by atoms with E-state index < -0.39 is 26.8 Å². The summed E-state index contributed by atoms with van der Waals surface area (Å²) in [5.41, 5.74) is 2.05. The number of aryl methyl sites for hydroxylation is 1. The van der Waals surface area contributed by atoms with E-state index in [4.69, 9.17) is 21.1 Å². The molecule has 0 radical (unpaired) electrons. The number of methoxy groups -OCH3 is 1. The number of aldehydes is 1. The molecule has 0 aromatic heterocycles. The van der Waals surface area contributed by atoms with Crippen molar-refractivity contribution in [1.29, 1.82) is 0 Å². The van der Waals surface area contributed by atoms with Gasteiger partial charge in [-0.3, -0.25) is 19.3 Å². The van der Waals surface area contributed by atoms with E-state index in [-0.39, 0.29) is 34.6 Å². The molecule has 57 heavy (non-hydrogen) atoms. The third-order valence-electron chi connectivity index (χ3n) is 13.7. The lowest BCUT2D eigenvalue weighted by Gasteiger charge is -2.48. The minimum Gasteiger partial charge on any atom is -0.490 e. The predicted octanol–water partition coefficient (Wildman–Crippen LogP) is 4.59. The average Bonchev–Trinajstić information content (AvgIpc) is 3.34. The molecule has 2 aliphatic carbocycles. The number of halogens is 1. The van der Waals surface area contributed by atoms with Gasteiger partial charge in [-0.2, -0.15) is 0 Å². The van der Waals surface area contributed by atoms with Gasteiger partial charge in [0.2, 0.25) is 15.9 Å². The molecule has 12 nitrogen and oxygen atoms in total. The fraction of sp³-hybridized carbons (Fsp3) is 0.605. The first kappa shape index (κ1) is 41.7. The SMILES string of the molecule is CC(=O)N1CCN2CCNCC2C1.CO[C@@]1(C=O)/C=C/C[C@H](C)[C@@H](C)S(=O)(=O)NC(=O)c2ccc3c(c2)N(C[C@@H]2CC[C@H]21)C[C@@]1(CCCc2cc(Cl)ccc21)CO3. The van der Waals surface area contributed by atoms with Gasteiger partial charge in [-0.15, -0.1) is 0 Å². The van der Waals surface area contributed by atoms with Crippen molar-refractivity contribution in [2.75, 3.05) is 71.0 Å². The molecule has 1 unspecified atom stereocenters. The molecule has 7 atom stereocenters. The lowest BCUT2D eigenvalue weighted by molar-refractivity contribution is -0.136. The van der Waals surface area contributed by atoms with E-state index >= 15 is 0 Å². The van der Waals surface area contributed by atoms with Gasteiger partial charge in [0.1, 0.15) is 11.4 Å². The highest BCUT2D eigenvalue weighted by molar-refractivity contribution is 7.90. The first-order valence-corrected chi connectivity index (χ1v) is 22.5. The molecule has 2 aromatic carbocycles. The second-order valence-corrected chi connectivity index (χ2v) is 19.5. The van der Waals surface area contributed by atoms with Crippen LogP contribution in [0.15, 0.2) is 48.6 Å². The maximum Gasteiger partial charge on any atom is 0.264 e. The van der Waals surface area contributed by atoms with Gasteiger partial charge in [0, 0.05) is 94.4 Å². The van der Waals surface area contributed by atoms with Crippen molar-refractivity contribution in [1.82, 2.24) is 19.8 Å². The summed E-state index contributed by atoms with van der Waals surface area (Å²) < 4.78 is 41.3. The highest BCUT2D eigenvalue weighted by atomic mass is 35.5. The number of amides is 2. The molecule has 6 aliphatic rings. The van der Waals surface area contributed by atoms with Crippen molar-refractivity contribution in [2.24, 2.45) is 17.8 Å². The Hall–Kier alpha value is -3.49. The summed E-state index contributed by atoms with van der Waals surface area (Å²) in [4.78, 5) is 44.0. The van der Waals surface area contributed by atoms with Gasteiger partial charge < -0.3 is 24.6 Å². The third kappa shape index (κ3) is 8.50. The van der Waals surface area contributed by atoms with Crippen molar-refractivity contribution in [3.63, 3.8) is 0 Å². The largest absolute Gasteiger partial charge is 0.490 e. The number of rotatable bonds is 2. The van der Waals surface area contributed by atoms with Crippen LogP contribution in [0.4, 0.5) is 5.69 Å². The molecule has 2 N–H and O–H groups in total. The van der Waals surface area contributed by atoms with Gasteiger partial charge in [-0.05, 0) is 105 Å². The molecule has 14 heteroatoms. The highest BCUT2D eigenvalue weighted by Crippen LogP contribution is 2.48. The van der Waals surface area contributed by atoms with Gasteiger partial charge in [0.25, 0.3) is 5.91 Å². The molecule has 310 valence electrons. The van der Waals surface area contributed by atoms with Gasteiger partial charge >= 0.3 is 0 Å². The quantitative estimate of drug-likeness (QED) is 0.327. The Morgan fingerprint density at radius 3 is 2.65 bits per heavy atom. The normalized spacial score (nSPS) is 33.0. The Labute approximate surface area is 342 Å². The number of benzene rings is 2. The van der Waals surface area contributed by atoms with E-state index in [0.29, 0.717) is 42.9 Å². The summed E-state index contributed by atoms with van der Waals surface area (Å²) in [6, 6.07) is 11.8. The van der Waals surface area contributed by atoms with E-state index in [2.05, 4.69) is 32.0 Å². The highest BCUT2D eigenvalue weighted by Gasteiger charge is 2.49. The lowest BCUT2D eigenvalue weighted by Crippen LogP contribution is -2.61. The van der Waals surface area contributed by atoms with E-state index in [1.54, 1.807) is 39.2 Å². The minimum atomic E-state index is -3.97. The zero-order valence-electron chi connectivity index (χ0n) is 33.7. The Morgan fingerprint density at radius 2 is 1.91 bits per heavy atom. The number of piperazine rings is 2. The van der Waals surface area contributed by atoms with Crippen LogP contribution in [0.25, 0.3) is 0 Å². The number of hydrogen-bond acceptors (Lipinski definition) is 10. The Balaban J connectivity index is 0.000000322. The molecule has 2 bridgehead atoms. The zero-order valence-corrected chi connectivity index (χ0v) is 35.2. The molecule has 3 fully saturated rings. The van der Waals surface area contributed by atoms with Gasteiger partial charge in [0.05, 0.1) is 17.5 Å². The van der Waals surface area contributed by atoms with Gasteiger partial charge in [-0.1, -0.05) is 30.7 Å². The fourth-order valence-electron chi connectivity index (χ4n) is 9.84. The van der Waals surface area contributed by atoms with Crippen molar-refractivity contribution < 1.29 is 32.3 Å². The summed E-state index contributed by atoms with van der Waals surface area (Å²) in [5.74, 6) is 0.0105. The molecular formula is C43H58ClN5O7S. The van der Waals surface area contributed by atoms with Crippen molar-refractivity contribution in [3.8, 4) is 5.75 Å². The number of hydrogen-bond donors (Lipinski definition) is 2. The van der Waals surface area contributed by atoms with Crippen molar-refractivity contribution in [2.45, 2.75) is 81.6 Å². The van der Waals surface area contributed by atoms with Crippen LogP contribution in [0.3, 0.4) is 0 Å². The molecule has 2 saturated heterocycles. The second kappa shape index (κ2) is 17.0. The summed E-state index contributed by atoms with van der Waals surface area (Å²) >= 11 is 6.40. The van der Waals surface area contributed by atoms with Crippen LogP contribution >= 0.6 is 11.6 Å². The van der Waals surface area contributed by atoms with E-state index in [0.717, 1.165) is 83.3 Å². The minimum absolute atomic E-state index is 0.0434. The average molecular weight is 824 g/mol. The number of carbonyl (C=O) groups excluding carboxylic acids is 3. The number of allylic oxidation sites excluding steroid dienone is 1. The van der Waals surface area contributed by atoms with Crippen LogP contribution in [0, 0.1) is 17.8 Å².